The first kappa shape index (κ1) is 16.2. The molecule has 23 heavy (non-hydrogen) atoms. The number of nitrogens with one attached hydrogen (secondary N) is 1. The fourth-order valence-electron chi connectivity index (χ4n) is 3.03. The lowest BCUT2D eigenvalue weighted by Gasteiger charge is -2.18. The van der Waals surface area contributed by atoms with E-state index in [1.165, 1.54) is 12.0 Å². The summed E-state index contributed by atoms with van der Waals surface area (Å²) in [5.41, 5.74) is 3.70. The average molecular weight is 333 g/mol. The highest BCUT2D eigenvalue weighted by Crippen LogP contribution is 2.33. The van der Waals surface area contributed by atoms with Crippen LogP contribution in [-0.4, -0.2) is 31.2 Å². The predicted molar refractivity (Wildman–Crippen MR) is 92.2 cm³/mol. The van der Waals surface area contributed by atoms with Gasteiger partial charge in [-0.2, -0.15) is 0 Å². The van der Waals surface area contributed by atoms with E-state index in [4.69, 9.17) is 21.3 Å². The summed E-state index contributed by atoms with van der Waals surface area (Å²) in [4.78, 5) is 17.0. The first-order valence-corrected chi connectivity index (χ1v) is 8.46. The number of nitrogens with zero attached hydrogens (tertiary/aromatic N) is 1. The lowest BCUT2D eigenvalue weighted by molar-refractivity contribution is 0.0948. The van der Waals surface area contributed by atoms with Gasteiger partial charge in [-0.15, -0.1) is 0 Å². The van der Waals surface area contributed by atoms with Gasteiger partial charge in [0.2, 0.25) is 0 Å². The number of fused-ring (bicyclic) bond motifs is 2. The molecule has 1 heterocycles. The zero-order valence-electron chi connectivity index (χ0n) is 13.3. The van der Waals surface area contributed by atoms with E-state index in [2.05, 4.69) is 5.32 Å². The number of pyridine rings is 1. The van der Waals surface area contributed by atoms with Crippen LogP contribution in [0.4, 0.5) is 0 Å². The Labute approximate surface area is 141 Å². The second kappa shape index (κ2) is 7.28. The molecule has 0 saturated carbocycles. The Hall–Kier alpha value is -1.65. The number of carbonyl (C=O) groups is 1. The van der Waals surface area contributed by atoms with Gasteiger partial charge in [0.15, 0.2) is 0 Å². The number of hydrogen-bond donors (Lipinski definition) is 1. The van der Waals surface area contributed by atoms with Gasteiger partial charge in [-0.3, -0.25) is 9.78 Å². The maximum Gasteiger partial charge on any atom is 0.251 e. The summed E-state index contributed by atoms with van der Waals surface area (Å²) in [6.45, 7) is 1.24. The molecule has 0 spiro atoms. The van der Waals surface area contributed by atoms with Crippen molar-refractivity contribution in [1.29, 1.82) is 0 Å². The van der Waals surface area contributed by atoms with Crippen LogP contribution in [0.25, 0.3) is 10.9 Å². The minimum absolute atomic E-state index is 0.0846. The third kappa shape index (κ3) is 3.48. The highest BCUT2D eigenvalue weighted by molar-refractivity contribution is 6.36. The number of benzene rings is 1. The number of rotatable bonds is 5. The van der Waals surface area contributed by atoms with E-state index in [0.29, 0.717) is 18.7 Å². The summed E-state index contributed by atoms with van der Waals surface area (Å²) in [7, 11) is 1.65. The molecular formula is C18H21ClN2O2. The normalized spacial score (nSPS) is 13.8. The second-order valence-electron chi connectivity index (χ2n) is 5.89. The molecule has 0 bridgehead atoms. The van der Waals surface area contributed by atoms with Crippen molar-refractivity contribution >= 4 is 28.4 Å². The molecule has 0 unspecified atom stereocenters. The van der Waals surface area contributed by atoms with E-state index in [-0.39, 0.29) is 5.91 Å². The van der Waals surface area contributed by atoms with Gasteiger partial charge >= 0.3 is 0 Å². The number of hydrogen-bond acceptors (Lipinski definition) is 3. The van der Waals surface area contributed by atoms with Gasteiger partial charge in [-0.25, -0.2) is 0 Å². The Morgan fingerprint density at radius 3 is 3.00 bits per heavy atom. The van der Waals surface area contributed by atoms with Gasteiger partial charge in [-0.1, -0.05) is 17.7 Å². The van der Waals surface area contributed by atoms with Crippen LogP contribution >= 0.6 is 11.6 Å². The Morgan fingerprint density at radius 1 is 1.35 bits per heavy atom. The van der Waals surface area contributed by atoms with Crippen molar-refractivity contribution < 1.29 is 9.53 Å². The third-order valence-electron chi connectivity index (χ3n) is 4.27. The first-order valence-electron chi connectivity index (χ1n) is 8.09. The standard InChI is InChI=1S/C18H21ClN2O2/c1-23-10-4-9-20-18(22)12-7-8-14-16(11-12)21-15-6-3-2-5-13(15)17(14)19/h7-8,11H,2-6,9-10H2,1H3,(H,20,22). The number of aryl methyl sites for hydroxylation is 1. The Morgan fingerprint density at radius 2 is 2.17 bits per heavy atom. The molecule has 0 atom stereocenters. The van der Waals surface area contributed by atoms with Crippen LogP contribution in [0.5, 0.6) is 0 Å². The van der Waals surface area contributed by atoms with Crippen molar-refractivity contribution in [2.24, 2.45) is 0 Å². The van der Waals surface area contributed by atoms with Crippen molar-refractivity contribution in [3.8, 4) is 0 Å². The number of halogens is 1. The van der Waals surface area contributed by atoms with Gasteiger partial charge in [0.05, 0.1) is 10.5 Å². The van der Waals surface area contributed by atoms with E-state index in [1.807, 2.05) is 18.2 Å². The summed E-state index contributed by atoms with van der Waals surface area (Å²) in [6, 6.07) is 5.56. The quantitative estimate of drug-likeness (QED) is 0.852. The van der Waals surface area contributed by atoms with Gasteiger partial charge in [0.25, 0.3) is 5.91 Å². The number of carbonyl (C=O) groups excluding carboxylic acids is 1. The van der Waals surface area contributed by atoms with Crippen molar-refractivity contribution in [2.45, 2.75) is 32.1 Å². The highest BCUT2D eigenvalue weighted by Gasteiger charge is 2.17. The summed E-state index contributed by atoms with van der Waals surface area (Å²) in [5, 5.41) is 4.63. The van der Waals surface area contributed by atoms with Crippen molar-refractivity contribution in [3.63, 3.8) is 0 Å². The molecule has 1 aliphatic rings. The lowest BCUT2D eigenvalue weighted by atomic mass is 9.94. The number of aromatic nitrogens is 1. The molecule has 0 saturated heterocycles. The van der Waals surface area contributed by atoms with Crippen LogP contribution < -0.4 is 5.32 Å². The third-order valence-corrected chi connectivity index (χ3v) is 4.70. The van der Waals surface area contributed by atoms with Gasteiger partial charge in [-0.05, 0) is 49.8 Å². The topological polar surface area (TPSA) is 51.2 Å². The fraction of sp³-hybridized carbons (Fsp3) is 0.444. The van der Waals surface area contributed by atoms with Crippen LogP contribution in [-0.2, 0) is 17.6 Å². The van der Waals surface area contributed by atoms with Crippen LogP contribution in [0.2, 0.25) is 5.02 Å². The molecule has 1 N–H and O–H groups in total. The number of methoxy groups -OCH3 is 1. The molecule has 122 valence electrons. The molecule has 0 fully saturated rings. The SMILES string of the molecule is COCCCNC(=O)c1ccc2c(Cl)c3c(nc2c1)CCCC3. The van der Waals surface area contributed by atoms with Gasteiger partial charge < -0.3 is 10.1 Å². The summed E-state index contributed by atoms with van der Waals surface area (Å²) < 4.78 is 4.98. The van der Waals surface area contributed by atoms with Crippen molar-refractivity contribution in [2.75, 3.05) is 20.3 Å². The second-order valence-corrected chi connectivity index (χ2v) is 6.27. The van der Waals surface area contributed by atoms with Crippen molar-refractivity contribution in [3.05, 3.63) is 40.0 Å². The zero-order chi connectivity index (χ0) is 16.2. The molecule has 2 aromatic rings. The van der Waals surface area contributed by atoms with Gasteiger partial charge in [0, 0.05) is 36.9 Å². The van der Waals surface area contributed by atoms with Gasteiger partial charge in [0.1, 0.15) is 0 Å². The summed E-state index contributed by atoms with van der Waals surface area (Å²) in [6.07, 6.45) is 5.09. The van der Waals surface area contributed by atoms with E-state index in [0.717, 1.165) is 47.3 Å². The molecule has 1 aromatic carbocycles. The molecule has 0 aliphatic heterocycles. The molecule has 1 aromatic heterocycles. The highest BCUT2D eigenvalue weighted by atomic mass is 35.5. The lowest BCUT2D eigenvalue weighted by Crippen LogP contribution is -2.25. The Balaban J connectivity index is 1.85. The van der Waals surface area contributed by atoms with Crippen LogP contribution in [0.3, 0.4) is 0 Å². The van der Waals surface area contributed by atoms with E-state index >= 15 is 0 Å². The molecule has 3 rings (SSSR count). The van der Waals surface area contributed by atoms with Crippen LogP contribution in [0.15, 0.2) is 18.2 Å². The Bertz CT molecular complexity index is 731. The molecule has 5 heteroatoms. The van der Waals surface area contributed by atoms with E-state index in [9.17, 15) is 4.79 Å². The monoisotopic (exact) mass is 332 g/mol. The minimum atomic E-state index is -0.0846. The smallest absolute Gasteiger partial charge is 0.251 e. The van der Waals surface area contributed by atoms with Crippen LogP contribution in [0, 0.1) is 0 Å². The van der Waals surface area contributed by atoms with E-state index in [1.54, 1.807) is 7.11 Å². The predicted octanol–water partition coefficient (Wildman–Crippen LogP) is 3.53. The summed E-state index contributed by atoms with van der Waals surface area (Å²) in [5.74, 6) is -0.0846. The first-order chi connectivity index (χ1) is 11.2. The summed E-state index contributed by atoms with van der Waals surface area (Å²) >= 11 is 6.56. The molecule has 4 nitrogen and oxygen atoms in total. The largest absolute Gasteiger partial charge is 0.385 e. The number of ether oxygens (including phenoxy) is 1. The fourth-order valence-corrected chi connectivity index (χ4v) is 3.39. The average Bonchev–Trinajstić information content (AvgIpc) is 2.58. The van der Waals surface area contributed by atoms with E-state index < -0.39 is 0 Å². The molecular weight excluding hydrogens is 312 g/mol. The zero-order valence-corrected chi connectivity index (χ0v) is 14.1. The minimum Gasteiger partial charge on any atom is -0.385 e. The van der Waals surface area contributed by atoms with Crippen LogP contribution in [0.1, 0.15) is 40.9 Å². The van der Waals surface area contributed by atoms with Crippen molar-refractivity contribution in [1.82, 2.24) is 10.3 Å². The molecule has 0 radical (unpaired) electrons. The molecule has 1 aliphatic carbocycles. The Kier molecular flexibility index (Phi) is 5.13. The molecule has 1 amide bonds. The number of amides is 1. The maximum atomic E-state index is 12.2. The maximum absolute atomic E-state index is 12.2.